The van der Waals surface area contributed by atoms with Crippen molar-refractivity contribution in [3.8, 4) is 5.82 Å². The van der Waals surface area contributed by atoms with Crippen molar-refractivity contribution in [2.24, 2.45) is 5.92 Å². The molecule has 21 heavy (non-hydrogen) atoms. The van der Waals surface area contributed by atoms with E-state index in [0.717, 1.165) is 19.3 Å². The fourth-order valence-corrected chi connectivity index (χ4v) is 2.37. The molecule has 1 atom stereocenters. The molecule has 0 aromatic carbocycles. The van der Waals surface area contributed by atoms with Crippen LogP contribution in [0, 0.1) is 5.92 Å². The summed E-state index contributed by atoms with van der Waals surface area (Å²) in [5.74, 6) is 0.796. The molecule has 0 N–H and O–H groups in total. The number of aromatic nitrogens is 3. The van der Waals surface area contributed by atoms with Crippen molar-refractivity contribution in [3.05, 3.63) is 54.8 Å². The Morgan fingerprint density at radius 1 is 1.38 bits per heavy atom. The lowest BCUT2D eigenvalue weighted by molar-refractivity contribution is 0.0432. The summed E-state index contributed by atoms with van der Waals surface area (Å²) in [6.45, 7) is 0.478. The van der Waals surface area contributed by atoms with Crippen LogP contribution in [-0.4, -0.2) is 27.1 Å². The van der Waals surface area contributed by atoms with E-state index in [1.54, 1.807) is 41.6 Å². The van der Waals surface area contributed by atoms with E-state index in [1.807, 2.05) is 0 Å². The lowest BCUT2D eigenvalue weighted by Crippen LogP contribution is -2.15. The fraction of sp³-hybridized carbons (Fsp3) is 0.312. The van der Waals surface area contributed by atoms with Gasteiger partial charge in [0, 0.05) is 18.6 Å². The van der Waals surface area contributed by atoms with Gasteiger partial charge >= 0.3 is 5.97 Å². The normalized spacial score (nSPS) is 17.6. The van der Waals surface area contributed by atoms with Gasteiger partial charge in [0.2, 0.25) is 0 Å². The van der Waals surface area contributed by atoms with Gasteiger partial charge in [-0.3, -0.25) is 4.57 Å². The average molecular weight is 283 g/mol. The van der Waals surface area contributed by atoms with Crippen LogP contribution in [0.4, 0.5) is 0 Å². The van der Waals surface area contributed by atoms with Crippen LogP contribution in [0.3, 0.4) is 0 Å². The van der Waals surface area contributed by atoms with Crippen LogP contribution in [0.5, 0.6) is 0 Å². The Kier molecular flexibility index (Phi) is 4.09. The van der Waals surface area contributed by atoms with Gasteiger partial charge in [-0.1, -0.05) is 12.2 Å². The molecule has 2 aromatic rings. The largest absolute Gasteiger partial charge is 0.462 e. The van der Waals surface area contributed by atoms with E-state index < -0.39 is 0 Å². The summed E-state index contributed by atoms with van der Waals surface area (Å²) >= 11 is 0. The van der Waals surface area contributed by atoms with Crippen molar-refractivity contribution >= 4 is 5.97 Å². The fourth-order valence-electron chi connectivity index (χ4n) is 2.37. The monoisotopic (exact) mass is 283 g/mol. The van der Waals surface area contributed by atoms with Crippen LogP contribution in [0.15, 0.2) is 49.2 Å². The van der Waals surface area contributed by atoms with E-state index in [4.69, 9.17) is 4.74 Å². The summed E-state index contributed by atoms with van der Waals surface area (Å²) in [6.07, 6.45) is 14.2. The first-order valence-corrected chi connectivity index (χ1v) is 7.09. The SMILES string of the molecule is O=C(OC[C@@H]1CC=CCC1)c1ccnc(-n2ccnc2)c1. The average Bonchev–Trinajstić information content (AvgIpc) is 3.08. The van der Waals surface area contributed by atoms with Gasteiger partial charge < -0.3 is 4.74 Å². The maximum atomic E-state index is 12.1. The van der Waals surface area contributed by atoms with Gasteiger partial charge in [0.25, 0.3) is 0 Å². The van der Waals surface area contributed by atoms with E-state index in [1.165, 1.54) is 0 Å². The van der Waals surface area contributed by atoms with Crippen LogP contribution >= 0.6 is 0 Å². The number of rotatable bonds is 4. The van der Waals surface area contributed by atoms with Crippen molar-refractivity contribution < 1.29 is 9.53 Å². The molecule has 0 saturated heterocycles. The summed E-state index contributed by atoms with van der Waals surface area (Å²) < 4.78 is 7.17. The molecule has 0 fully saturated rings. The maximum absolute atomic E-state index is 12.1. The minimum absolute atomic E-state index is 0.298. The highest BCUT2D eigenvalue weighted by atomic mass is 16.5. The van der Waals surface area contributed by atoms with E-state index in [-0.39, 0.29) is 5.97 Å². The lowest BCUT2D eigenvalue weighted by Gasteiger charge is -2.17. The Hall–Kier alpha value is -2.43. The second kappa shape index (κ2) is 6.35. The summed E-state index contributed by atoms with van der Waals surface area (Å²) in [5.41, 5.74) is 0.514. The molecule has 2 heterocycles. The van der Waals surface area contributed by atoms with Crippen molar-refractivity contribution in [1.82, 2.24) is 14.5 Å². The van der Waals surface area contributed by atoms with Crippen LogP contribution in [0.2, 0.25) is 0 Å². The van der Waals surface area contributed by atoms with E-state index in [9.17, 15) is 4.79 Å². The van der Waals surface area contributed by atoms with Gasteiger partial charge in [-0.05, 0) is 37.3 Å². The Morgan fingerprint density at radius 3 is 3.10 bits per heavy atom. The predicted octanol–water partition coefficient (Wildman–Crippen LogP) is 2.78. The molecule has 0 bridgehead atoms. The topological polar surface area (TPSA) is 57.0 Å². The first-order chi connectivity index (χ1) is 10.3. The van der Waals surface area contributed by atoms with Crippen molar-refractivity contribution in [3.63, 3.8) is 0 Å². The zero-order chi connectivity index (χ0) is 14.5. The second-order valence-electron chi connectivity index (χ2n) is 5.12. The molecule has 0 aliphatic heterocycles. The Bertz CT molecular complexity index is 635. The van der Waals surface area contributed by atoms with Crippen LogP contribution in [0.1, 0.15) is 29.6 Å². The molecular formula is C16H17N3O2. The Balaban J connectivity index is 1.64. The van der Waals surface area contributed by atoms with Crippen LogP contribution < -0.4 is 0 Å². The molecule has 5 nitrogen and oxygen atoms in total. The molecule has 5 heteroatoms. The number of carbonyl (C=O) groups is 1. The third-order valence-corrected chi connectivity index (χ3v) is 3.58. The molecular weight excluding hydrogens is 266 g/mol. The Labute approximate surface area is 123 Å². The number of carbonyl (C=O) groups excluding carboxylic acids is 1. The molecule has 0 saturated carbocycles. The first kappa shape index (κ1) is 13.5. The molecule has 0 radical (unpaired) electrons. The van der Waals surface area contributed by atoms with Gasteiger partial charge in [-0.2, -0.15) is 0 Å². The number of esters is 1. The van der Waals surface area contributed by atoms with Gasteiger partial charge in [0.05, 0.1) is 12.2 Å². The van der Waals surface area contributed by atoms with Gasteiger partial charge in [-0.15, -0.1) is 0 Å². The second-order valence-corrected chi connectivity index (χ2v) is 5.12. The summed E-state index contributed by atoms with van der Waals surface area (Å²) in [7, 11) is 0. The predicted molar refractivity (Wildman–Crippen MR) is 78.1 cm³/mol. The van der Waals surface area contributed by atoms with Crippen LogP contribution in [-0.2, 0) is 4.74 Å². The molecule has 1 aliphatic carbocycles. The first-order valence-electron chi connectivity index (χ1n) is 7.09. The summed E-state index contributed by atoms with van der Waals surface area (Å²) in [4.78, 5) is 20.3. The highest BCUT2D eigenvalue weighted by molar-refractivity contribution is 5.89. The van der Waals surface area contributed by atoms with E-state index in [0.29, 0.717) is 23.9 Å². The molecule has 108 valence electrons. The number of allylic oxidation sites excluding steroid dienone is 2. The van der Waals surface area contributed by atoms with Gasteiger partial charge in [0.15, 0.2) is 0 Å². The van der Waals surface area contributed by atoms with Gasteiger partial charge in [-0.25, -0.2) is 14.8 Å². The van der Waals surface area contributed by atoms with Gasteiger partial charge in [0.1, 0.15) is 12.1 Å². The summed E-state index contributed by atoms with van der Waals surface area (Å²) in [6, 6.07) is 3.38. The number of ether oxygens (including phenoxy) is 1. The Morgan fingerprint density at radius 2 is 2.33 bits per heavy atom. The number of pyridine rings is 1. The zero-order valence-electron chi connectivity index (χ0n) is 11.7. The van der Waals surface area contributed by atoms with Crippen LogP contribution in [0.25, 0.3) is 5.82 Å². The highest BCUT2D eigenvalue weighted by Crippen LogP contribution is 2.19. The minimum Gasteiger partial charge on any atom is -0.462 e. The smallest absolute Gasteiger partial charge is 0.338 e. The molecule has 0 unspecified atom stereocenters. The molecule has 1 aliphatic rings. The molecule has 0 spiro atoms. The number of hydrogen-bond acceptors (Lipinski definition) is 4. The third-order valence-electron chi connectivity index (χ3n) is 3.58. The highest BCUT2D eigenvalue weighted by Gasteiger charge is 2.14. The number of hydrogen-bond donors (Lipinski definition) is 0. The zero-order valence-corrected chi connectivity index (χ0v) is 11.7. The molecule has 0 amide bonds. The summed E-state index contributed by atoms with van der Waals surface area (Å²) in [5, 5.41) is 0. The lowest BCUT2D eigenvalue weighted by atomic mass is 9.95. The van der Waals surface area contributed by atoms with E-state index >= 15 is 0 Å². The quantitative estimate of drug-likeness (QED) is 0.639. The number of nitrogens with zero attached hydrogens (tertiary/aromatic N) is 3. The van der Waals surface area contributed by atoms with Crippen molar-refractivity contribution in [1.29, 1.82) is 0 Å². The minimum atomic E-state index is -0.298. The van der Waals surface area contributed by atoms with Crippen molar-refractivity contribution in [2.75, 3.05) is 6.61 Å². The third kappa shape index (κ3) is 3.37. The number of imidazole rings is 1. The standard InChI is InChI=1S/C16H17N3O2/c20-16(21-11-13-4-2-1-3-5-13)14-6-7-18-15(10-14)19-9-8-17-12-19/h1-2,6-10,12-13H,3-5,11H2/t13-/m1/s1. The maximum Gasteiger partial charge on any atom is 0.338 e. The molecule has 2 aromatic heterocycles. The van der Waals surface area contributed by atoms with E-state index in [2.05, 4.69) is 22.1 Å². The molecule has 3 rings (SSSR count). The van der Waals surface area contributed by atoms with Crippen molar-refractivity contribution in [2.45, 2.75) is 19.3 Å².